The summed E-state index contributed by atoms with van der Waals surface area (Å²) in [6.45, 7) is 0.196. The summed E-state index contributed by atoms with van der Waals surface area (Å²) < 4.78 is 27.8. The van der Waals surface area contributed by atoms with Crippen LogP contribution in [-0.2, 0) is 10.7 Å². The van der Waals surface area contributed by atoms with Gasteiger partial charge in [-0.2, -0.15) is 8.78 Å². The summed E-state index contributed by atoms with van der Waals surface area (Å²) in [4.78, 5) is 11.7. The minimum absolute atomic E-state index is 0. The number of nitrogens with two attached hydrogens (primary N) is 1. The number of rotatable bonds is 5. The van der Waals surface area contributed by atoms with Crippen molar-refractivity contribution in [3.05, 3.63) is 35.9 Å². The van der Waals surface area contributed by atoms with Crippen LogP contribution in [0.2, 0.25) is 0 Å². The Morgan fingerprint density at radius 1 is 1.37 bits per heavy atom. The summed E-state index contributed by atoms with van der Waals surface area (Å²) >= 11 is 0. The van der Waals surface area contributed by atoms with Gasteiger partial charge < -0.3 is 11.1 Å². The molecule has 0 spiro atoms. The van der Waals surface area contributed by atoms with Crippen LogP contribution in [0.25, 0.3) is 0 Å². The fourth-order valence-corrected chi connectivity index (χ4v) is 1.91. The molecule has 1 saturated carbocycles. The first kappa shape index (κ1) is 15.9. The van der Waals surface area contributed by atoms with E-state index in [2.05, 4.69) is 5.32 Å². The van der Waals surface area contributed by atoms with Gasteiger partial charge in [0, 0.05) is 18.2 Å². The van der Waals surface area contributed by atoms with Crippen LogP contribution < -0.4 is 11.1 Å². The molecular weight excluding hydrogens is 274 g/mol. The van der Waals surface area contributed by atoms with Crippen molar-refractivity contribution in [1.29, 1.82) is 0 Å². The average Bonchev–Trinajstić information content (AvgIpc) is 3.21. The van der Waals surface area contributed by atoms with Gasteiger partial charge in [-0.05, 0) is 18.8 Å². The number of nitrogens with one attached hydrogen (secondary N) is 1. The molecule has 0 aromatic heterocycles. The Morgan fingerprint density at radius 3 is 2.42 bits per heavy atom. The number of halogens is 3. The van der Waals surface area contributed by atoms with E-state index >= 15 is 0 Å². The van der Waals surface area contributed by atoms with E-state index in [0.29, 0.717) is 0 Å². The molecule has 2 rings (SSSR count). The largest absolute Gasteiger partial charge is 0.349 e. The molecule has 0 radical (unpaired) electrons. The van der Waals surface area contributed by atoms with E-state index in [1.165, 1.54) is 24.3 Å². The van der Waals surface area contributed by atoms with Crippen molar-refractivity contribution in [2.45, 2.75) is 24.8 Å². The van der Waals surface area contributed by atoms with Crippen LogP contribution in [0, 0.1) is 5.92 Å². The summed E-state index contributed by atoms with van der Waals surface area (Å²) in [5.41, 5.74) is 5.19. The molecule has 6 heteroatoms. The Labute approximate surface area is 117 Å². The van der Waals surface area contributed by atoms with Gasteiger partial charge >= 0.3 is 5.92 Å². The quantitative estimate of drug-likeness (QED) is 0.872. The molecule has 19 heavy (non-hydrogen) atoms. The molecule has 106 valence electrons. The fraction of sp³-hybridized carbons (Fsp3) is 0.462. The third-order valence-electron chi connectivity index (χ3n) is 3.18. The number of benzene rings is 1. The van der Waals surface area contributed by atoms with Crippen molar-refractivity contribution in [3.63, 3.8) is 0 Å². The van der Waals surface area contributed by atoms with Crippen LogP contribution in [0.4, 0.5) is 8.78 Å². The molecule has 1 amide bonds. The highest BCUT2D eigenvalue weighted by atomic mass is 35.5. The highest BCUT2D eigenvalue weighted by Gasteiger charge is 2.43. The zero-order valence-electron chi connectivity index (χ0n) is 10.3. The van der Waals surface area contributed by atoms with Gasteiger partial charge in [-0.3, -0.25) is 4.79 Å². The number of hydrogen-bond acceptors (Lipinski definition) is 2. The predicted molar refractivity (Wildman–Crippen MR) is 71.3 cm³/mol. The summed E-state index contributed by atoms with van der Waals surface area (Å²) in [7, 11) is 0. The Hall–Kier alpha value is -1.20. The maximum Gasteiger partial charge on any atom is 0.349 e. The molecule has 0 bridgehead atoms. The minimum Gasteiger partial charge on any atom is -0.346 e. The Kier molecular flexibility index (Phi) is 5.26. The van der Waals surface area contributed by atoms with Crippen molar-refractivity contribution in [1.82, 2.24) is 5.32 Å². The van der Waals surface area contributed by atoms with Crippen molar-refractivity contribution in [2.75, 3.05) is 6.54 Å². The number of amides is 1. The van der Waals surface area contributed by atoms with Gasteiger partial charge in [-0.15, -0.1) is 12.4 Å². The summed E-state index contributed by atoms with van der Waals surface area (Å²) in [6.07, 6.45) is 1.89. The van der Waals surface area contributed by atoms with Gasteiger partial charge in [-0.25, -0.2) is 0 Å². The maximum absolute atomic E-state index is 13.9. The standard InChI is InChI=1S/C13H16F2N2O.ClH/c14-13(15,10-4-2-1-3-5-10)12(18)17-11(8-16)9-6-7-9;/h1-5,9,11H,6-8,16H2,(H,17,18);1H. The second-order valence-electron chi connectivity index (χ2n) is 4.59. The van der Waals surface area contributed by atoms with Gasteiger partial charge in [0.1, 0.15) is 0 Å². The topological polar surface area (TPSA) is 55.1 Å². The van der Waals surface area contributed by atoms with Crippen molar-refractivity contribution in [3.8, 4) is 0 Å². The number of hydrogen-bond donors (Lipinski definition) is 2. The first-order valence-electron chi connectivity index (χ1n) is 6.00. The molecule has 1 unspecified atom stereocenters. The predicted octanol–water partition coefficient (Wildman–Crippen LogP) is 2.05. The Balaban J connectivity index is 0.00000180. The Bertz CT molecular complexity index is 424. The SMILES string of the molecule is Cl.NCC(NC(=O)C(F)(F)c1ccccc1)C1CC1. The van der Waals surface area contributed by atoms with Gasteiger partial charge in [0.2, 0.25) is 0 Å². The van der Waals surface area contributed by atoms with E-state index in [0.717, 1.165) is 12.8 Å². The molecule has 0 heterocycles. The van der Waals surface area contributed by atoms with E-state index < -0.39 is 11.8 Å². The van der Waals surface area contributed by atoms with Gasteiger partial charge in [0.15, 0.2) is 0 Å². The average molecular weight is 291 g/mol. The van der Waals surface area contributed by atoms with Crippen LogP contribution >= 0.6 is 12.4 Å². The van der Waals surface area contributed by atoms with Gasteiger partial charge in [-0.1, -0.05) is 30.3 Å². The monoisotopic (exact) mass is 290 g/mol. The third kappa shape index (κ3) is 3.64. The fourth-order valence-electron chi connectivity index (χ4n) is 1.91. The molecule has 3 nitrogen and oxygen atoms in total. The smallest absolute Gasteiger partial charge is 0.346 e. The summed E-state index contributed by atoms with van der Waals surface area (Å²) in [5, 5.41) is 2.35. The molecule has 1 aliphatic carbocycles. The number of alkyl halides is 2. The van der Waals surface area contributed by atoms with Crippen molar-refractivity contribution in [2.24, 2.45) is 11.7 Å². The molecule has 1 aromatic rings. The molecule has 1 atom stereocenters. The molecule has 0 saturated heterocycles. The molecule has 1 aliphatic rings. The number of carbonyl (C=O) groups is 1. The van der Waals surface area contributed by atoms with Crippen LogP contribution in [0.1, 0.15) is 18.4 Å². The summed E-state index contributed by atoms with van der Waals surface area (Å²) in [6, 6.07) is 6.74. The van der Waals surface area contributed by atoms with Crippen LogP contribution in [0.15, 0.2) is 30.3 Å². The van der Waals surface area contributed by atoms with Crippen molar-refractivity contribution >= 4 is 18.3 Å². The minimum atomic E-state index is -3.51. The van der Waals surface area contributed by atoms with Crippen LogP contribution in [0.3, 0.4) is 0 Å². The van der Waals surface area contributed by atoms with Gasteiger partial charge in [0.25, 0.3) is 5.91 Å². The molecule has 3 N–H and O–H groups in total. The second-order valence-corrected chi connectivity index (χ2v) is 4.59. The van der Waals surface area contributed by atoms with E-state index in [-0.39, 0.29) is 36.5 Å². The zero-order valence-corrected chi connectivity index (χ0v) is 11.1. The Morgan fingerprint density at radius 2 is 1.95 bits per heavy atom. The molecule has 1 fully saturated rings. The number of carbonyl (C=O) groups excluding carboxylic acids is 1. The van der Waals surface area contributed by atoms with Gasteiger partial charge in [0.05, 0.1) is 0 Å². The lowest BCUT2D eigenvalue weighted by Crippen LogP contribution is -2.47. The first-order valence-corrected chi connectivity index (χ1v) is 6.00. The normalized spacial score (nSPS) is 16.4. The van der Waals surface area contributed by atoms with Crippen LogP contribution in [-0.4, -0.2) is 18.5 Å². The molecule has 0 aliphatic heterocycles. The zero-order chi connectivity index (χ0) is 13.2. The molecule has 1 aromatic carbocycles. The van der Waals surface area contributed by atoms with Crippen LogP contribution in [0.5, 0.6) is 0 Å². The van der Waals surface area contributed by atoms with E-state index in [9.17, 15) is 13.6 Å². The third-order valence-corrected chi connectivity index (χ3v) is 3.18. The van der Waals surface area contributed by atoms with E-state index in [1.54, 1.807) is 6.07 Å². The van der Waals surface area contributed by atoms with E-state index in [4.69, 9.17) is 5.73 Å². The second kappa shape index (κ2) is 6.30. The first-order chi connectivity index (χ1) is 8.55. The molecular formula is C13H17ClF2N2O. The highest BCUT2D eigenvalue weighted by molar-refractivity contribution is 5.85. The van der Waals surface area contributed by atoms with Crippen molar-refractivity contribution < 1.29 is 13.6 Å². The lowest BCUT2D eigenvalue weighted by Gasteiger charge is -2.21. The lowest BCUT2D eigenvalue weighted by molar-refractivity contribution is -0.147. The lowest BCUT2D eigenvalue weighted by atomic mass is 10.1. The summed E-state index contributed by atoms with van der Waals surface area (Å²) in [5.74, 6) is -4.52. The highest BCUT2D eigenvalue weighted by Crippen LogP contribution is 2.34. The van der Waals surface area contributed by atoms with E-state index in [1.807, 2.05) is 0 Å². The maximum atomic E-state index is 13.9.